The van der Waals surface area contributed by atoms with Crippen LogP contribution in [-0.2, 0) is 6.54 Å². The Bertz CT molecular complexity index is 971. The van der Waals surface area contributed by atoms with Crippen LogP contribution in [0.2, 0.25) is 5.02 Å². The summed E-state index contributed by atoms with van der Waals surface area (Å²) in [6, 6.07) is 10.9. The fourth-order valence-electron chi connectivity index (χ4n) is 2.23. The maximum Gasteiger partial charge on any atom is 0.275 e. The van der Waals surface area contributed by atoms with Gasteiger partial charge in [0.15, 0.2) is 0 Å². The molecule has 0 fully saturated rings. The molecule has 0 aliphatic heterocycles. The largest absolute Gasteiger partial charge is 0.366 e. The molecule has 0 saturated carbocycles. The van der Waals surface area contributed by atoms with Crippen LogP contribution in [0.4, 0.5) is 5.69 Å². The molecule has 25 heavy (non-hydrogen) atoms. The number of rotatable bonds is 5. The van der Waals surface area contributed by atoms with Crippen molar-refractivity contribution in [2.24, 2.45) is 5.73 Å². The Labute approximate surface area is 146 Å². The van der Waals surface area contributed by atoms with E-state index in [9.17, 15) is 14.9 Å². The zero-order chi connectivity index (χ0) is 18.0. The van der Waals surface area contributed by atoms with Gasteiger partial charge in [0.2, 0.25) is 11.7 Å². The molecule has 0 spiro atoms. The molecular formula is C15H11ClN6O3. The van der Waals surface area contributed by atoms with Gasteiger partial charge in [0.05, 0.1) is 17.0 Å². The van der Waals surface area contributed by atoms with Crippen molar-refractivity contribution in [1.82, 2.24) is 20.2 Å². The summed E-state index contributed by atoms with van der Waals surface area (Å²) in [7, 11) is 0. The predicted octanol–water partition coefficient (Wildman–Crippen LogP) is 2.05. The first kappa shape index (κ1) is 16.5. The van der Waals surface area contributed by atoms with E-state index in [2.05, 4.69) is 15.4 Å². The molecule has 126 valence electrons. The van der Waals surface area contributed by atoms with Gasteiger partial charge in [0.25, 0.3) is 5.69 Å². The van der Waals surface area contributed by atoms with E-state index in [-0.39, 0.29) is 17.8 Å². The number of primary amides is 1. The Balaban J connectivity index is 1.90. The number of hydrogen-bond donors (Lipinski definition) is 1. The zero-order valence-electron chi connectivity index (χ0n) is 12.7. The number of nitro benzene ring substituents is 1. The van der Waals surface area contributed by atoms with Gasteiger partial charge < -0.3 is 5.73 Å². The summed E-state index contributed by atoms with van der Waals surface area (Å²) < 4.78 is 0. The van der Waals surface area contributed by atoms with E-state index in [1.165, 1.54) is 16.9 Å². The third-order valence-electron chi connectivity index (χ3n) is 3.41. The van der Waals surface area contributed by atoms with E-state index >= 15 is 0 Å². The summed E-state index contributed by atoms with van der Waals surface area (Å²) in [6.45, 7) is 0.0168. The number of tetrazole rings is 1. The number of nitrogens with two attached hydrogens (primary N) is 1. The molecule has 1 heterocycles. The fraction of sp³-hybridized carbons (Fsp3) is 0.0667. The summed E-state index contributed by atoms with van der Waals surface area (Å²) in [5, 5.41) is 23.8. The highest BCUT2D eigenvalue weighted by Crippen LogP contribution is 2.22. The average Bonchev–Trinajstić information content (AvgIpc) is 3.03. The first-order chi connectivity index (χ1) is 11.9. The van der Waals surface area contributed by atoms with Crippen LogP contribution in [0.15, 0.2) is 42.5 Å². The van der Waals surface area contributed by atoms with E-state index in [4.69, 9.17) is 17.3 Å². The molecule has 0 saturated heterocycles. The Hall–Kier alpha value is -3.33. The Morgan fingerprint density at radius 3 is 2.76 bits per heavy atom. The number of carbonyl (C=O) groups is 1. The lowest BCUT2D eigenvalue weighted by Crippen LogP contribution is -2.12. The van der Waals surface area contributed by atoms with Crippen LogP contribution in [0.25, 0.3) is 11.4 Å². The average molecular weight is 359 g/mol. The SMILES string of the molecule is NC(=O)c1ccc(Cn2nnc(-c3cccc(Cl)c3)n2)c([N+](=O)[O-])c1. The van der Waals surface area contributed by atoms with Crippen molar-refractivity contribution < 1.29 is 9.72 Å². The van der Waals surface area contributed by atoms with Crippen molar-refractivity contribution in [2.45, 2.75) is 6.54 Å². The lowest BCUT2D eigenvalue weighted by Gasteiger charge is -2.03. The first-order valence-electron chi connectivity index (χ1n) is 7.05. The molecule has 0 aliphatic rings. The monoisotopic (exact) mass is 358 g/mol. The molecule has 0 aliphatic carbocycles. The summed E-state index contributed by atoms with van der Waals surface area (Å²) >= 11 is 5.93. The lowest BCUT2D eigenvalue weighted by atomic mass is 10.1. The number of hydrogen-bond acceptors (Lipinski definition) is 6. The predicted molar refractivity (Wildman–Crippen MR) is 89.0 cm³/mol. The van der Waals surface area contributed by atoms with Crippen LogP contribution in [0.3, 0.4) is 0 Å². The molecule has 1 amide bonds. The summed E-state index contributed by atoms with van der Waals surface area (Å²) in [5.74, 6) is -0.393. The topological polar surface area (TPSA) is 130 Å². The van der Waals surface area contributed by atoms with Crippen molar-refractivity contribution >= 4 is 23.2 Å². The smallest absolute Gasteiger partial charge is 0.275 e. The van der Waals surface area contributed by atoms with Crippen molar-refractivity contribution in [3.63, 3.8) is 0 Å². The Morgan fingerprint density at radius 2 is 2.08 bits per heavy atom. The minimum Gasteiger partial charge on any atom is -0.366 e. The Morgan fingerprint density at radius 1 is 1.28 bits per heavy atom. The van der Waals surface area contributed by atoms with Crippen LogP contribution in [0, 0.1) is 10.1 Å². The molecule has 3 aromatic rings. The highest BCUT2D eigenvalue weighted by molar-refractivity contribution is 6.30. The van der Waals surface area contributed by atoms with Crippen molar-refractivity contribution in [3.8, 4) is 11.4 Å². The van der Waals surface area contributed by atoms with Gasteiger partial charge in [-0.25, -0.2) is 0 Å². The molecule has 0 bridgehead atoms. The van der Waals surface area contributed by atoms with Crippen LogP contribution < -0.4 is 5.73 Å². The van der Waals surface area contributed by atoms with Gasteiger partial charge in [0.1, 0.15) is 0 Å². The number of halogens is 1. The number of carbonyl (C=O) groups excluding carboxylic acids is 1. The Kier molecular flexibility index (Phi) is 4.40. The van der Waals surface area contributed by atoms with Crippen molar-refractivity contribution in [3.05, 3.63) is 68.7 Å². The van der Waals surface area contributed by atoms with E-state index in [1.54, 1.807) is 24.3 Å². The minimum atomic E-state index is -0.739. The first-order valence-corrected chi connectivity index (χ1v) is 7.42. The third kappa shape index (κ3) is 3.61. The summed E-state index contributed by atoms with van der Waals surface area (Å²) in [5.41, 5.74) is 5.97. The number of amides is 1. The molecule has 1 aromatic heterocycles. The standard InChI is InChI=1S/C15H11ClN6O3/c16-12-3-1-2-10(6-12)15-18-20-21(19-15)8-11-5-4-9(14(17)23)7-13(11)22(24)25/h1-7H,8H2,(H2,17,23). The molecule has 2 N–H and O–H groups in total. The van der Waals surface area contributed by atoms with E-state index in [1.807, 2.05) is 0 Å². The highest BCUT2D eigenvalue weighted by Gasteiger charge is 2.18. The van der Waals surface area contributed by atoms with E-state index in [0.717, 1.165) is 6.07 Å². The third-order valence-corrected chi connectivity index (χ3v) is 3.65. The number of aromatic nitrogens is 4. The van der Waals surface area contributed by atoms with Crippen LogP contribution >= 0.6 is 11.6 Å². The van der Waals surface area contributed by atoms with E-state index in [0.29, 0.717) is 22.0 Å². The molecule has 3 rings (SSSR count). The van der Waals surface area contributed by atoms with Gasteiger partial charge >= 0.3 is 0 Å². The molecule has 2 aromatic carbocycles. The molecular weight excluding hydrogens is 348 g/mol. The normalized spacial score (nSPS) is 10.6. The zero-order valence-corrected chi connectivity index (χ0v) is 13.4. The van der Waals surface area contributed by atoms with Crippen molar-refractivity contribution in [1.29, 1.82) is 0 Å². The minimum absolute atomic E-state index is 0.0168. The molecule has 9 nitrogen and oxygen atoms in total. The van der Waals surface area contributed by atoms with Crippen LogP contribution in [-0.4, -0.2) is 31.0 Å². The second-order valence-electron chi connectivity index (χ2n) is 5.12. The lowest BCUT2D eigenvalue weighted by molar-refractivity contribution is -0.385. The summed E-state index contributed by atoms with van der Waals surface area (Å²) in [4.78, 5) is 23.0. The number of nitro groups is 1. The number of benzene rings is 2. The highest BCUT2D eigenvalue weighted by atomic mass is 35.5. The second-order valence-corrected chi connectivity index (χ2v) is 5.56. The van der Waals surface area contributed by atoms with Gasteiger partial charge in [-0.05, 0) is 29.5 Å². The fourth-order valence-corrected chi connectivity index (χ4v) is 2.42. The van der Waals surface area contributed by atoms with Crippen LogP contribution in [0.5, 0.6) is 0 Å². The van der Waals surface area contributed by atoms with Gasteiger partial charge in [-0.15, -0.1) is 10.2 Å². The van der Waals surface area contributed by atoms with Crippen LogP contribution in [0.1, 0.15) is 15.9 Å². The van der Waals surface area contributed by atoms with Gasteiger partial charge in [-0.2, -0.15) is 4.80 Å². The van der Waals surface area contributed by atoms with Gasteiger partial charge in [-0.3, -0.25) is 14.9 Å². The molecule has 0 unspecified atom stereocenters. The van der Waals surface area contributed by atoms with Gasteiger partial charge in [-0.1, -0.05) is 23.7 Å². The number of nitrogens with zero attached hydrogens (tertiary/aromatic N) is 5. The quantitative estimate of drug-likeness (QED) is 0.548. The molecule has 0 atom stereocenters. The second kappa shape index (κ2) is 6.65. The summed E-state index contributed by atoms with van der Waals surface area (Å²) in [6.07, 6.45) is 0. The maximum absolute atomic E-state index is 11.2. The molecule has 10 heteroatoms. The maximum atomic E-state index is 11.2. The van der Waals surface area contributed by atoms with E-state index < -0.39 is 10.8 Å². The molecule has 0 radical (unpaired) electrons. The van der Waals surface area contributed by atoms with Crippen molar-refractivity contribution in [2.75, 3.05) is 0 Å². The van der Waals surface area contributed by atoms with Gasteiger partial charge in [0, 0.05) is 22.2 Å².